The average molecular weight is 219 g/mol. The van der Waals surface area contributed by atoms with Crippen LogP contribution in [-0.4, -0.2) is 55.7 Å². The van der Waals surface area contributed by atoms with E-state index in [1.165, 1.54) is 12.8 Å². The van der Waals surface area contributed by atoms with Gasteiger partial charge in [0.15, 0.2) is 0 Å². The van der Waals surface area contributed by atoms with E-state index in [0.717, 1.165) is 12.3 Å². The second-order valence-corrected chi connectivity index (χ2v) is 4.78. The highest BCUT2D eigenvalue weighted by Crippen LogP contribution is 2.46. The summed E-state index contributed by atoms with van der Waals surface area (Å²) >= 11 is 4.36. The molecule has 1 unspecified atom stereocenters. The van der Waals surface area contributed by atoms with Crippen molar-refractivity contribution in [3.63, 3.8) is 0 Å². The van der Waals surface area contributed by atoms with Gasteiger partial charge in [0.2, 0.25) is 0 Å². The Kier molecular flexibility index (Phi) is 4.70. The monoisotopic (exact) mass is 219 g/mol. The van der Waals surface area contributed by atoms with Crippen LogP contribution in [0.1, 0.15) is 12.8 Å². The number of aliphatic hydroxyl groups is 1. The lowest BCUT2D eigenvalue weighted by Crippen LogP contribution is -2.36. The van der Waals surface area contributed by atoms with Crippen LogP contribution in [-0.2, 0) is 4.74 Å². The molecule has 3 nitrogen and oxygen atoms in total. The topological polar surface area (TPSA) is 32.7 Å². The van der Waals surface area contributed by atoms with Crippen molar-refractivity contribution in [3.05, 3.63) is 0 Å². The Hall–Kier alpha value is 0.230. The summed E-state index contributed by atoms with van der Waals surface area (Å²) in [4.78, 5) is 2.17. The fraction of sp³-hybridized carbons (Fsp3) is 1.00. The minimum absolute atomic E-state index is 0.374. The number of hydrogen-bond acceptors (Lipinski definition) is 4. The molecule has 1 saturated carbocycles. The van der Waals surface area contributed by atoms with E-state index in [1.807, 2.05) is 7.05 Å². The summed E-state index contributed by atoms with van der Waals surface area (Å²) in [5, 5.41) is 9.52. The van der Waals surface area contributed by atoms with Crippen molar-refractivity contribution in [1.82, 2.24) is 4.90 Å². The minimum atomic E-state index is -0.374. The normalized spacial score (nSPS) is 21.2. The molecule has 14 heavy (non-hydrogen) atoms. The lowest BCUT2D eigenvalue weighted by atomic mass is 10.1. The molecule has 0 bridgehead atoms. The number of rotatable bonds is 7. The summed E-state index contributed by atoms with van der Waals surface area (Å²) in [6, 6.07) is 0. The number of nitrogens with zero attached hydrogens (tertiary/aromatic N) is 1. The number of likely N-dealkylation sites (N-methyl/N-ethyl adjacent to an activating group) is 1. The Morgan fingerprint density at radius 1 is 1.57 bits per heavy atom. The second-order valence-electron chi connectivity index (χ2n) is 4.46. The predicted octanol–water partition coefficient (Wildman–Crippen LogP) is 0.636. The highest BCUT2D eigenvalue weighted by atomic mass is 32.1. The van der Waals surface area contributed by atoms with Crippen LogP contribution in [0.5, 0.6) is 0 Å². The van der Waals surface area contributed by atoms with E-state index in [1.54, 1.807) is 7.11 Å². The van der Waals surface area contributed by atoms with Gasteiger partial charge in [-0.25, -0.2) is 0 Å². The van der Waals surface area contributed by atoms with Crippen molar-refractivity contribution in [2.45, 2.75) is 18.9 Å². The zero-order valence-electron chi connectivity index (χ0n) is 9.07. The SMILES string of the molecule is COCC(O)CN(C)CC1(CS)CC1. The van der Waals surface area contributed by atoms with Crippen LogP contribution in [0.4, 0.5) is 0 Å². The Labute approximate surface area is 91.8 Å². The van der Waals surface area contributed by atoms with Crippen LogP contribution in [0.15, 0.2) is 0 Å². The lowest BCUT2D eigenvalue weighted by Gasteiger charge is -2.24. The van der Waals surface area contributed by atoms with E-state index in [4.69, 9.17) is 4.74 Å². The maximum atomic E-state index is 9.52. The van der Waals surface area contributed by atoms with Crippen LogP contribution in [0.2, 0.25) is 0 Å². The van der Waals surface area contributed by atoms with Gasteiger partial charge >= 0.3 is 0 Å². The van der Waals surface area contributed by atoms with E-state index in [2.05, 4.69) is 17.5 Å². The number of aliphatic hydroxyl groups excluding tert-OH is 1. The first kappa shape index (κ1) is 12.3. The molecule has 4 heteroatoms. The maximum absolute atomic E-state index is 9.52. The summed E-state index contributed by atoms with van der Waals surface area (Å²) in [6.07, 6.45) is 2.18. The largest absolute Gasteiger partial charge is 0.389 e. The molecule has 1 aliphatic carbocycles. The fourth-order valence-corrected chi connectivity index (χ4v) is 2.20. The third kappa shape index (κ3) is 3.77. The zero-order chi connectivity index (χ0) is 10.6. The van der Waals surface area contributed by atoms with Gasteiger partial charge < -0.3 is 14.7 Å². The van der Waals surface area contributed by atoms with Gasteiger partial charge in [-0.2, -0.15) is 12.6 Å². The second kappa shape index (κ2) is 5.35. The van der Waals surface area contributed by atoms with Gasteiger partial charge in [-0.15, -0.1) is 0 Å². The van der Waals surface area contributed by atoms with Gasteiger partial charge in [-0.3, -0.25) is 0 Å². The van der Waals surface area contributed by atoms with Crippen molar-refractivity contribution < 1.29 is 9.84 Å². The number of hydrogen-bond donors (Lipinski definition) is 2. The van der Waals surface area contributed by atoms with Gasteiger partial charge in [-0.1, -0.05) is 0 Å². The zero-order valence-corrected chi connectivity index (χ0v) is 9.96. The van der Waals surface area contributed by atoms with E-state index in [9.17, 15) is 5.11 Å². The summed E-state index contributed by atoms with van der Waals surface area (Å²) < 4.78 is 4.88. The maximum Gasteiger partial charge on any atom is 0.0899 e. The van der Waals surface area contributed by atoms with Crippen LogP contribution in [0.25, 0.3) is 0 Å². The van der Waals surface area contributed by atoms with Crippen LogP contribution in [0, 0.1) is 5.41 Å². The molecule has 0 aromatic rings. The van der Waals surface area contributed by atoms with Gasteiger partial charge in [0, 0.05) is 20.2 Å². The molecule has 0 amide bonds. The highest BCUT2D eigenvalue weighted by molar-refractivity contribution is 7.80. The average Bonchev–Trinajstić information content (AvgIpc) is 2.85. The first-order valence-corrected chi connectivity index (χ1v) is 5.71. The van der Waals surface area contributed by atoms with Gasteiger partial charge in [0.1, 0.15) is 0 Å². The molecule has 0 aromatic heterocycles. The molecule has 0 spiro atoms. The molecule has 1 atom stereocenters. The van der Waals surface area contributed by atoms with E-state index >= 15 is 0 Å². The van der Waals surface area contributed by atoms with Crippen LogP contribution in [0.3, 0.4) is 0 Å². The standard InChI is InChI=1S/C10H21NO2S/c1-11(5-9(12)6-13-2)7-10(8-14)3-4-10/h9,12,14H,3-8H2,1-2H3. The molecule has 0 aromatic carbocycles. The van der Waals surface area contributed by atoms with Crippen LogP contribution >= 0.6 is 12.6 Å². The predicted molar refractivity (Wildman–Crippen MR) is 60.9 cm³/mol. The Morgan fingerprint density at radius 2 is 2.21 bits per heavy atom. The number of thiol groups is 1. The summed E-state index contributed by atoms with van der Waals surface area (Å²) in [5.41, 5.74) is 0.435. The third-order valence-corrected chi connectivity index (χ3v) is 3.45. The van der Waals surface area contributed by atoms with E-state index < -0.39 is 0 Å². The molecule has 0 heterocycles. The van der Waals surface area contributed by atoms with Crippen LogP contribution < -0.4 is 0 Å². The quantitative estimate of drug-likeness (QED) is 0.616. The molecule has 1 N–H and O–H groups in total. The van der Waals surface area contributed by atoms with E-state index in [-0.39, 0.29) is 6.10 Å². The van der Waals surface area contributed by atoms with Crippen molar-refractivity contribution in [2.24, 2.45) is 5.41 Å². The molecular formula is C10H21NO2S. The summed E-state index contributed by atoms with van der Waals surface area (Å²) in [6.45, 7) is 2.14. The fourth-order valence-electron chi connectivity index (χ4n) is 1.78. The molecular weight excluding hydrogens is 198 g/mol. The Balaban J connectivity index is 2.18. The van der Waals surface area contributed by atoms with Gasteiger partial charge in [0.05, 0.1) is 12.7 Å². The Morgan fingerprint density at radius 3 is 2.64 bits per heavy atom. The molecule has 0 aliphatic heterocycles. The molecule has 0 saturated heterocycles. The highest BCUT2D eigenvalue weighted by Gasteiger charge is 2.41. The number of ether oxygens (including phenoxy) is 1. The van der Waals surface area contributed by atoms with Crippen molar-refractivity contribution in [2.75, 3.05) is 39.6 Å². The summed E-state index contributed by atoms with van der Waals surface area (Å²) in [5.74, 6) is 0.956. The Bertz CT molecular complexity index is 174. The first-order chi connectivity index (χ1) is 6.62. The number of methoxy groups -OCH3 is 1. The molecule has 1 aliphatic rings. The van der Waals surface area contributed by atoms with Crippen molar-refractivity contribution in [3.8, 4) is 0 Å². The molecule has 1 rings (SSSR count). The first-order valence-electron chi connectivity index (χ1n) is 5.08. The smallest absolute Gasteiger partial charge is 0.0899 e. The van der Waals surface area contributed by atoms with Crippen molar-refractivity contribution in [1.29, 1.82) is 0 Å². The summed E-state index contributed by atoms with van der Waals surface area (Å²) in [7, 11) is 3.65. The minimum Gasteiger partial charge on any atom is -0.389 e. The molecule has 0 radical (unpaired) electrons. The van der Waals surface area contributed by atoms with E-state index in [0.29, 0.717) is 18.6 Å². The van der Waals surface area contributed by atoms with Gasteiger partial charge in [0.25, 0.3) is 0 Å². The third-order valence-electron chi connectivity index (χ3n) is 2.78. The van der Waals surface area contributed by atoms with Gasteiger partial charge in [-0.05, 0) is 31.1 Å². The molecule has 84 valence electrons. The molecule has 1 fully saturated rings. The van der Waals surface area contributed by atoms with Crippen molar-refractivity contribution >= 4 is 12.6 Å². The lowest BCUT2D eigenvalue weighted by molar-refractivity contribution is 0.0402.